The third-order valence-electron chi connectivity index (χ3n) is 1.97. The van der Waals surface area contributed by atoms with Gasteiger partial charge in [-0.25, -0.2) is 0 Å². The van der Waals surface area contributed by atoms with Crippen molar-refractivity contribution in [1.29, 1.82) is 5.26 Å². The number of thiophene rings is 1. The second-order valence-corrected chi connectivity index (χ2v) is 5.54. The summed E-state index contributed by atoms with van der Waals surface area (Å²) >= 11 is 7.52. The number of fused-ring (bicyclic) bond motifs is 1. The van der Waals surface area contributed by atoms with Crippen LogP contribution in [0.1, 0.15) is 10.4 Å². The number of nitrogens with zero attached hydrogens (tertiary/aromatic N) is 1. The molecule has 14 heavy (non-hydrogen) atoms. The van der Waals surface area contributed by atoms with Gasteiger partial charge in [0, 0.05) is 23.9 Å². The Bertz CT molecular complexity index is 527. The zero-order valence-electron chi connectivity index (χ0n) is 7.05. The topological polar surface area (TPSA) is 23.8 Å². The van der Waals surface area contributed by atoms with E-state index in [0.29, 0.717) is 0 Å². The minimum atomic E-state index is 0.773. The number of hydrogen-bond acceptors (Lipinski definition) is 2. The summed E-state index contributed by atoms with van der Waals surface area (Å²) < 4.78 is 2.40. The lowest BCUT2D eigenvalue weighted by Gasteiger charge is -1.93. The molecule has 0 fully saturated rings. The summed E-state index contributed by atoms with van der Waals surface area (Å²) in [5.41, 5.74) is 0.773. The van der Waals surface area contributed by atoms with Crippen LogP contribution in [0.25, 0.3) is 10.1 Å². The van der Waals surface area contributed by atoms with Gasteiger partial charge in [0.1, 0.15) is 0 Å². The molecule has 1 heterocycles. The van der Waals surface area contributed by atoms with Gasteiger partial charge in [-0.2, -0.15) is 5.26 Å². The second-order valence-electron chi connectivity index (χ2n) is 2.76. The molecule has 1 aromatic heterocycles. The van der Waals surface area contributed by atoms with Crippen LogP contribution < -0.4 is 0 Å². The van der Waals surface area contributed by atoms with Crippen molar-refractivity contribution in [1.82, 2.24) is 0 Å². The average Bonchev–Trinajstić information content (AvgIpc) is 2.55. The van der Waals surface area contributed by atoms with Gasteiger partial charge in [0.15, 0.2) is 0 Å². The first-order valence-electron chi connectivity index (χ1n) is 3.94. The third kappa shape index (κ3) is 1.58. The first-order valence-corrected chi connectivity index (χ1v) is 6.95. The zero-order valence-corrected chi connectivity index (χ0v) is 11.6. The standard InChI is InChI=1S/C10H5BrINS/c11-4-8-10(12)9-6(5-13)2-1-3-7(9)14-8/h1-3H,4H2. The van der Waals surface area contributed by atoms with E-state index in [9.17, 15) is 0 Å². The van der Waals surface area contributed by atoms with Crippen LogP contribution in [0, 0.1) is 14.9 Å². The van der Waals surface area contributed by atoms with Gasteiger partial charge in [0.2, 0.25) is 0 Å². The molecule has 0 N–H and O–H groups in total. The van der Waals surface area contributed by atoms with Crippen molar-refractivity contribution in [2.45, 2.75) is 5.33 Å². The first-order chi connectivity index (χ1) is 6.77. The molecule has 0 saturated carbocycles. The number of halogens is 2. The third-order valence-corrected chi connectivity index (χ3v) is 5.61. The zero-order chi connectivity index (χ0) is 10.1. The molecule has 0 radical (unpaired) electrons. The fourth-order valence-corrected chi connectivity index (χ4v) is 4.74. The molecule has 2 rings (SSSR count). The molecule has 0 atom stereocenters. The van der Waals surface area contributed by atoms with Gasteiger partial charge < -0.3 is 0 Å². The molecule has 0 spiro atoms. The van der Waals surface area contributed by atoms with Gasteiger partial charge in [0.05, 0.1) is 11.6 Å². The van der Waals surface area contributed by atoms with Crippen LogP contribution >= 0.6 is 49.9 Å². The van der Waals surface area contributed by atoms with Crippen molar-refractivity contribution in [3.63, 3.8) is 0 Å². The van der Waals surface area contributed by atoms with E-state index < -0.39 is 0 Å². The molecule has 70 valence electrons. The summed E-state index contributed by atoms with van der Waals surface area (Å²) in [5, 5.41) is 10.9. The number of rotatable bonds is 1. The Morgan fingerprint density at radius 3 is 2.93 bits per heavy atom. The number of benzene rings is 1. The summed E-state index contributed by atoms with van der Waals surface area (Å²) in [5.74, 6) is 0. The Morgan fingerprint density at radius 1 is 1.50 bits per heavy atom. The SMILES string of the molecule is N#Cc1cccc2sc(CBr)c(I)c12. The highest BCUT2D eigenvalue weighted by Gasteiger charge is 2.11. The van der Waals surface area contributed by atoms with E-state index >= 15 is 0 Å². The summed E-state index contributed by atoms with van der Waals surface area (Å²) in [6.07, 6.45) is 0. The fourth-order valence-electron chi connectivity index (χ4n) is 1.34. The summed E-state index contributed by atoms with van der Waals surface area (Å²) in [7, 11) is 0. The molecule has 0 aliphatic heterocycles. The monoisotopic (exact) mass is 377 g/mol. The Morgan fingerprint density at radius 2 is 2.29 bits per heavy atom. The molecule has 0 saturated heterocycles. The largest absolute Gasteiger partial charge is 0.192 e. The van der Waals surface area contributed by atoms with Crippen LogP contribution in [0.4, 0.5) is 0 Å². The quantitative estimate of drug-likeness (QED) is 0.537. The molecule has 4 heteroatoms. The Hall–Kier alpha value is -0.120. The van der Waals surface area contributed by atoms with E-state index in [1.807, 2.05) is 12.1 Å². The maximum absolute atomic E-state index is 8.98. The Balaban J connectivity index is 2.87. The van der Waals surface area contributed by atoms with E-state index in [1.165, 1.54) is 13.1 Å². The van der Waals surface area contributed by atoms with Crippen molar-refractivity contribution in [2.24, 2.45) is 0 Å². The summed E-state index contributed by atoms with van der Waals surface area (Å²) in [4.78, 5) is 1.29. The Labute approximate surface area is 108 Å². The van der Waals surface area contributed by atoms with Crippen LogP contribution in [0.5, 0.6) is 0 Å². The molecule has 1 nitrogen and oxygen atoms in total. The van der Waals surface area contributed by atoms with Crippen LogP contribution in [0.3, 0.4) is 0 Å². The minimum Gasteiger partial charge on any atom is -0.192 e. The highest BCUT2D eigenvalue weighted by atomic mass is 127. The van der Waals surface area contributed by atoms with Gasteiger partial charge in [-0.15, -0.1) is 11.3 Å². The van der Waals surface area contributed by atoms with Gasteiger partial charge in [-0.05, 0) is 34.7 Å². The maximum Gasteiger partial charge on any atom is 0.0998 e. The number of alkyl halides is 1. The molecule has 0 bridgehead atoms. The van der Waals surface area contributed by atoms with Crippen molar-refractivity contribution < 1.29 is 0 Å². The lowest BCUT2D eigenvalue weighted by molar-refractivity contribution is 1.50. The van der Waals surface area contributed by atoms with E-state index in [1.54, 1.807) is 11.3 Å². The molecule has 0 aliphatic rings. The predicted octanol–water partition coefficient (Wildman–Crippen LogP) is 4.27. The number of nitriles is 1. The van der Waals surface area contributed by atoms with E-state index in [4.69, 9.17) is 5.26 Å². The smallest absolute Gasteiger partial charge is 0.0998 e. The second kappa shape index (κ2) is 4.17. The molecule has 0 amide bonds. The first kappa shape index (κ1) is 10.4. The normalized spacial score (nSPS) is 10.4. The lowest BCUT2D eigenvalue weighted by Crippen LogP contribution is -1.78. The van der Waals surface area contributed by atoms with E-state index in [-0.39, 0.29) is 0 Å². The van der Waals surface area contributed by atoms with E-state index in [2.05, 4.69) is 50.7 Å². The molecular formula is C10H5BrINS. The average molecular weight is 378 g/mol. The predicted molar refractivity (Wildman–Crippen MR) is 71.9 cm³/mol. The summed E-state index contributed by atoms with van der Waals surface area (Å²) in [6.45, 7) is 0. The summed E-state index contributed by atoms with van der Waals surface area (Å²) in [6, 6.07) is 8.11. The lowest BCUT2D eigenvalue weighted by atomic mass is 10.1. The molecule has 0 aliphatic carbocycles. The van der Waals surface area contributed by atoms with Crippen molar-refractivity contribution in [2.75, 3.05) is 0 Å². The van der Waals surface area contributed by atoms with Crippen LogP contribution in [-0.2, 0) is 5.33 Å². The molecular weight excluding hydrogens is 373 g/mol. The number of hydrogen-bond donors (Lipinski definition) is 0. The van der Waals surface area contributed by atoms with Crippen LogP contribution in [-0.4, -0.2) is 0 Å². The molecule has 0 unspecified atom stereocenters. The van der Waals surface area contributed by atoms with Gasteiger partial charge in [-0.3, -0.25) is 0 Å². The molecule has 2 aromatic rings. The van der Waals surface area contributed by atoms with Crippen LogP contribution in [0.2, 0.25) is 0 Å². The van der Waals surface area contributed by atoms with Crippen molar-refractivity contribution in [3.8, 4) is 6.07 Å². The molecule has 1 aromatic carbocycles. The van der Waals surface area contributed by atoms with Crippen molar-refractivity contribution in [3.05, 3.63) is 32.2 Å². The van der Waals surface area contributed by atoms with Crippen LogP contribution in [0.15, 0.2) is 18.2 Å². The Kier molecular flexibility index (Phi) is 3.10. The maximum atomic E-state index is 8.98. The fraction of sp³-hybridized carbons (Fsp3) is 0.100. The highest BCUT2D eigenvalue weighted by Crippen LogP contribution is 2.35. The van der Waals surface area contributed by atoms with Gasteiger partial charge in [0.25, 0.3) is 0 Å². The minimum absolute atomic E-state index is 0.773. The highest BCUT2D eigenvalue weighted by molar-refractivity contribution is 14.1. The van der Waals surface area contributed by atoms with E-state index in [0.717, 1.165) is 16.3 Å². The van der Waals surface area contributed by atoms with Crippen molar-refractivity contribution >= 4 is 59.9 Å². The van der Waals surface area contributed by atoms with Gasteiger partial charge >= 0.3 is 0 Å². The van der Waals surface area contributed by atoms with Gasteiger partial charge in [-0.1, -0.05) is 22.0 Å².